The van der Waals surface area contributed by atoms with Gasteiger partial charge in [-0.05, 0) is 47.9 Å². The number of sulfonamides is 1. The van der Waals surface area contributed by atoms with Crippen LogP contribution in [-0.2, 0) is 23.0 Å². The Kier molecular flexibility index (Phi) is 4.32. The molecule has 0 saturated heterocycles. The van der Waals surface area contributed by atoms with Gasteiger partial charge in [-0.3, -0.25) is 0 Å². The molecule has 2 N–H and O–H groups in total. The highest BCUT2D eigenvalue weighted by Crippen LogP contribution is 2.25. The molecule has 7 heteroatoms. The zero-order valence-corrected chi connectivity index (χ0v) is 13.9. The van der Waals surface area contributed by atoms with Crippen molar-refractivity contribution in [2.45, 2.75) is 17.9 Å². The Morgan fingerprint density at radius 1 is 1.09 bits per heavy atom. The standard InChI is InChI=1S/C15H14Cl2N2O2S/c16-13-3-1-10(7-14(13)17)9-19-22(20,21)12-2-4-15-11(8-12)5-6-18-15/h1-4,7-8,18-19H,5-6,9H2. The molecule has 2 aromatic rings. The third-order valence-electron chi connectivity index (χ3n) is 3.55. The Bertz CT molecular complexity index is 822. The number of anilines is 1. The number of nitrogens with one attached hydrogen (secondary N) is 2. The summed E-state index contributed by atoms with van der Waals surface area (Å²) in [4.78, 5) is 0.273. The van der Waals surface area contributed by atoms with E-state index in [1.165, 1.54) is 0 Å². The van der Waals surface area contributed by atoms with Gasteiger partial charge in [-0.2, -0.15) is 0 Å². The fourth-order valence-corrected chi connectivity index (χ4v) is 3.75. The van der Waals surface area contributed by atoms with Crippen molar-refractivity contribution in [1.29, 1.82) is 0 Å². The van der Waals surface area contributed by atoms with Gasteiger partial charge >= 0.3 is 0 Å². The van der Waals surface area contributed by atoms with Crippen LogP contribution in [0.25, 0.3) is 0 Å². The zero-order chi connectivity index (χ0) is 15.7. The van der Waals surface area contributed by atoms with Crippen molar-refractivity contribution in [2.24, 2.45) is 0 Å². The summed E-state index contributed by atoms with van der Waals surface area (Å²) in [6, 6.07) is 10.2. The van der Waals surface area contributed by atoms with E-state index in [9.17, 15) is 8.42 Å². The van der Waals surface area contributed by atoms with Gasteiger partial charge in [-0.25, -0.2) is 13.1 Å². The van der Waals surface area contributed by atoms with E-state index in [1.807, 2.05) is 0 Å². The second-order valence-corrected chi connectivity index (χ2v) is 7.65. The Labute approximate surface area is 139 Å². The summed E-state index contributed by atoms with van der Waals surface area (Å²) in [7, 11) is -3.56. The number of fused-ring (bicyclic) bond motifs is 1. The lowest BCUT2D eigenvalue weighted by Gasteiger charge is -2.09. The van der Waals surface area contributed by atoms with Crippen LogP contribution in [0.4, 0.5) is 5.69 Å². The first-order chi connectivity index (χ1) is 10.5. The smallest absolute Gasteiger partial charge is 0.240 e. The fourth-order valence-electron chi connectivity index (χ4n) is 2.36. The lowest BCUT2D eigenvalue weighted by atomic mass is 10.2. The highest BCUT2D eigenvalue weighted by atomic mass is 35.5. The van der Waals surface area contributed by atoms with Crippen molar-refractivity contribution in [1.82, 2.24) is 4.72 Å². The monoisotopic (exact) mass is 356 g/mol. The van der Waals surface area contributed by atoms with Crippen molar-refractivity contribution in [3.63, 3.8) is 0 Å². The molecule has 0 aromatic heterocycles. The summed E-state index contributed by atoms with van der Waals surface area (Å²) in [6.45, 7) is 1.00. The van der Waals surface area contributed by atoms with Crippen LogP contribution in [-0.4, -0.2) is 15.0 Å². The Morgan fingerprint density at radius 3 is 2.68 bits per heavy atom. The van der Waals surface area contributed by atoms with Crippen LogP contribution in [0.5, 0.6) is 0 Å². The topological polar surface area (TPSA) is 58.2 Å². The number of rotatable bonds is 4. The van der Waals surface area contributed by atoms with Crippen LogP contribution in [0.3, 0.4) is 0 Å². The van der Waals surface area contributed by atoms with E-state index >= 15 is 0 Å². The average molecular weight is 357 g/mol. The largest absolute Gasteiger partial charge is 0.384 e. The van der Waals surface area contributed by atoms with Crippen molar-refractivity contribution < 1.29 is 8.42 Å². The molecule has 1 aliphatic heterocycles. The molecule has 22 heavy (non-hydrogen) atoms. The Balaban J connectivity index is 1.77. The van der Waals surface area contributed by atoms with E-state index in [1.54, 1.807) is 36.4 Å². The van der Waals surface area contributed by atoms with Crippen LogP contribution in [0.15, 0.2) is 41.3 Å². The van der Waals surface area contributed by atoms with Gasteiger partial charge in [-0.15, -0.1) is 0 Å². The summed E-state index contributed by atoms with van der Waals surface area (Å²) >= 11 is 11.8. The fraction of sp³-hybridized carbons (Fsp3) is 0.200. The Hall–Kier alpha value is -1.27. The highest BCUT2D eigenvalue weighted by Gasteiger charge is 2.18. The molecular formula is C15H14Cl2N2O2S. The average Bonchev–Trinajstić information content (AvgIpc) is 2.96. The molecule has 0 amide bonds. The van der Waals surface area contributed by atoms with E-state index in [0.29, 0.717) is 10.0 Å². The molecular weight excluding hydrogens is 343 g/mol. The van der Waals surface area contributed by atoms with Crippen LogP contribution in [0.2, 0.25) is 10.0 Å². The van der Waals surface area contributed by atoms with E-state index in [-0.39, 0.29) is 11.4 Å². The SMILES string of the molecule is O=S(=O)(NCc1ccc(Cl)c(Cl)c1)c1ccc2c(c1)CCN2. The molecule has 0 atom stereocenters. The highest BCUT2D eigenvalue weighted by molar-refractivity contribution is 7.89. The summed E-state index contributed by atoms with van der Waals surface area (Å²) in [5.74, 6) is 0. The van der Waals surface area contributed by atoms with Crippen molar-refractivity contribution in [2.75, 3.05) is 11.9 Å². The van der Waals surface area contributed by atoms with E-state index in [2.05, 4.69) is 10.0 Å². The van der Waals surface area contributed by atoms with E-state index < -0.39 is 10.0 Å². The second-order valence-electron chi connectivity index (χ2n) is 5.07. The van der Waals surface area contributed by atoms with Crippen LogP contribution in [0, 0.1) is 0 Å². The summed E-state index contributed by atoms with van der Waals surface area (Å²) < 4.78 is 27.3. The number of halogens is 2. The first-order valence-electron chi connectivity index (χ1n) is 6.76. The first kappa shape index (κ1) is 15.6. The number of benzene rings is 2. The van der Waals surface area contributed by atoms with Gasteiger partial charge in [0.05, 0.1) is 14.9 Å². The van der Waals surface area contributed by atoms with Crippen molar-refractivity contribution in [3.05, 3.63) is 57.6 Å². The third kappa shape index (κ3) is 3.22. The molecule has 0 bridgehead atoms. The van der Waals surface area contributed by atoms with Gasteiger partial charge in [-0.1, -0.05) is 29.3 Å². The molecule has 1 aliphatic rings. The molecule has 0 fully saturated rings. The minimum Gasteiger partial charge on any atom is -0.384 e. The van der Waals surface area contributed by atoms with Crippen LogP contribution in [0.1, 0.15) is 11.1 Å². The minimum absolute atomic E-state index is 0.161. The second kappa shape index (κ2) is 6.08. The quantitative estimate of drug-likeness (QED) is 0.881. The summed E-state index contributed by atoms with van der Waals surface area (Å²) in [5.41, 5.74) is 2.78. The number of hydrogen-bond acceptors (Lipinski definition) is 3. The van der Waals surface area contributed by atoms with Gasteiger partial charge in [0.1, 0.15) is 0 Å². The zero-order valence-electron chi connectivity index (χ0n) is 11.6. The lowest BCUT2D eigenvalue weighted by molar-refractivity contribution is 0.581. The maximum absolute atomic E-state index is 12.4. The maximum atomic E-state index is 12.4. The van der Waals surface area contributed by atoms with Gasteiger partial charge in [0.25, 0.3) is 0 Å². The maximum Gasteiger partial charge on any atom is 0.240 e. The van der Waals surface area contributed by atoms with Gasteiger partial charge in [0, 0.05) is 18.8 Å². The van der Waals surface area contributed by atoms with Gasteiger partial charge in [0.2, 0.25) is 10.0 Å². The van der Waals surface area contributed by atoms with E-state index in [4.69, 9.17) is 23.2 Å². The molecule has 3 rings (SSSR count). The molecule has 0 radical (unpaired) electrons. The molecule has 116 valence electrons. The molecule has 1 heterocycles. The van der Waals surface area contributed by atoms with Crippen LogP contribution < -0.4 is 10.0 Å². The molecule has 0 spiro atoms. The van der Waals surface area contributed by atoms with Crippen LogP contribution >= 0.6 is 23.2 Å². The molecule has 0 saturated carbocycles. The molecule has 2 aromatic carbocycles. The van der Waals surface area contributed by atoms with Crippen molar-refractivity contribution >= 4 is 38.9 Å². The molecule has 0 aliphatic carbocycles. The predicted octanol–water partition coefficient (Wildman–Crippen LogP) is 3.44. The predicted molar refractivity (Wildman–Crippen MR) is 89.1 cm³/mol. The normalized spacial score (nSPS) is 13.7. The van der Waals surface area contributed by atoms with Crippen molar-refractivity contribution in [3.8, 4) is 0 Å². The van der Waals surface area contributed by atoms with E-state index in [0.717, 1.165) is 29.8 Å². The summed E-state index contributed by atoms with van der Waals surface area (Å²) in [6.07, 6.45) is 0.839. The third-order valence-corrected chi connectivity index (χ3v) is 5.69. The summed E-state index contributed by atoms with van der Waals surface area (Å²) in [5, 5.41) is 4.05. The molecule has 0 unspecified atom stereocenters. The van der Waals surface area contributed by atoms with Gasteiger partial charge < -0.3 is 5.32 Å². The Morgan fingerprint density at radius 2 is 1.91 bits per heavy atom. The lowest BCUT2D eigenvalue weighted by Crippen LogP contribution is -2.23. The first-order valence-corrected chi connectivity index (χ1v) is 9.00. The van der Waals surface area contributed by atoms with Gasteiger partial charge in [0.15, 0.2) is 0 Å². The molecule has 4 nitrogen and oxygen atoms in total. The number of hydrogen-bond donors (Lipinski definition) is 2. The minimum atomic E-state index is -3.56.